The molecule has 1 aliphatic rings. The van der Waals surface area contributed by atoms with Gasteiger partial charge in [-0.2, -0.15) is 0 Å². The van der Waals surface area contributed by atoms with Crippen LogP contribution in [-0.4, -0.2) is 18.4 Å². The zero-order chi connectivity index (χ0) is 18.1. The van der Waals surface area contributed by atoms with Crippen molar-refractivity contribution in [3.05, 3.63) is 57.6 Å². The Bertz CT molecular complexity index is 848. The number of hydrogen-bond donors (Lipinski definition) is 1. The number of amides is 2. The number of nitrogens with one attached hydrogen (secondary N) is 1. The third-order valence-electron chi connectivity index (χ3n) is 4.67. The summed E-state index contributed by atoms with van der Waals surface area (Å²) in [4.78, 5) is 26.8. The predicted molar refractivity (Wildman–Crippen MR) is 104 cm³/mol. The van der Waals surface area contributed by atoms with Crippen molar-refractivity contribution in [3.63, 3.8) is 0 Å². The molecule has 0 aliphatic carbocycles. The fourth-order valence-corrected chi connectivity index (χ4v) is 3.59. The third kappa shape index (κ3) is 3.61. The zero-order valence-electron chi connectivity index (χ0n) is 14.6. The third-order valence-corrected chi connectivity index (χ3v) is 5.52. The van der Waals surface area contributed by atoms with E-state index in [1.807, 2.05) is 57.2 Å². The summed E-state index contributed by atoms with van der Waals surface area (Å²) in [5.74, 6) is -0.442. The molecule has 4 nitrogen and oxygen atoms in total. The van der Waals surface area contributed by atoms with E-state index in [1.165, 1.54) is 0 Å². The summed E-state index contributed by atoms with van der Waals surface area (Å²) in [5, 5.41) is 2.99. The molecule has 0 bridgehead atoms. The van der Waals surface area contributed by atoms with Gasteiger partial charge in [0.05, 0.1) is 5.92 Å². The second kappa shape index (κ2) is 7.00. The highest BCUT2D eigenvalue weighted by Crippen LogP contribution is 2.29. The molecule has 2 aromatic rings. The zero-order valence-corrected chi connectivity index (χ0v) is 16.2. The standard InChI is InChI=1S/C20H21BrN2O2/c1-12-6-4-5-7-18(12)23-11-15(10-19(23)24)20(25)22-17-9-13(2)16(21)8-14(17)3/h4-9,15H,10-11H2,1-3H3,(H,22,25)/t15-/m1/s1. The van der Waals surface area contributed by atoms with Crippen molar-refractivity contribution in [2.45, 2.75) is 27.2 Å². The minimum Gasteiger partial charge on any atom is -0.326 e. The van der Waals surface area contributed by atoms with E-state index < -0.39 is 0 Å². The molecule has 0 unspecified atom stereocenters. The van der Waals surface area contributed by atoms with Gasteiger partial charge in [0.25, 0.3) is 0 Å². The van der Waals surface area contributed by atoms with Gasteiger partial charge in [0, 0.05) is 28.8 Å². The van der Waals surface area contributed by atoms with Crippen LogP contribution in [0.25, 0.3) is 0 Å². The largest absolute Gasteiger partial charge is 0.326 e. The smallest absolute Gasteiger partial charge is 0.229 e. The number of anilines is 2. The van der Waals surface area contributed by atoms with Crippen LogP contribution in [-0.2, 0) is 9.59 Å². The van der Waals surface area contributed by atoms with Crippen LogP contribution < -0.4 is 10.2 Å². The molecule has 5 heteroatoms. The minimum atomic E-state index is -0.338. The molecule has 2 aromatic carbocycles. The van der Waals surface area contributed by atoms with Crippen LogP contribution >= 0.6 is 15.9 Å². The Kier molecular flexibility index (Phi) is 4.95. The molecule has 0 saturated carbocycles. The number of para-hydroxylation sites is 1. The lowest BCUT2D eigenvalue weighted by molar-refractivity contribution is -0.122. The number of benzene rings is 2. The topological polar surface area (TPSA) is 49.4 Å². The highest BCUT2D eigenvalue weighted by atomic mass is 79.9. The van der Waals surface area contributed by atoms with E-state index in [2.05, 4.69) is 21.2 Å². The van der Waals surface area contributed by atoms with Crippen molar-refractivity contribution in [1.29, 1.82) is 0 Å². The summed E-state index contributed by atoms with van der Waals surface area (Å²) in [6, 6.07) is 11.7. The van der Waals surface area contributed by atoms with Crippen LogP contribution in [0.4, 0.5) is 11.4 Å². The number of carbonyl (C=O) groups excluding carboxylic acids is 2. The Morgan fingerprint density at radius 1 is 1.12 bits per heavy atom. The Morgan fingerprint density at radius 2 is 1.84 bits per heavy atom. The minimum absolute atomic E-state index is 0.00170. The summed E-state index contributed by atoms with van der Waals surface area (Å²) >= 11 is 3.50. The van der Waals surface area contributed by atoms with Gasteiger partial charge in [0.1, 0.15) is 0 Å². The molecule has 1 atom stereocenters. The van der Waals surface area contributed by atoms with Crippen molar-refractivity contribution < 1.29 is 9.59 Å². The molecule has 1 heterocycles. The van der Waals surface area contributed by atoms with E-state index in [4.69, 9.17) is 0 Å². The van der Waals surface area contributed by atoms with Crippen LogP contribution in [0, 0.1) is 26.7 Å². The first kappa shape index (κ1) is 17.7. The Morgan fingerprint density at radius 3 is 2.56 bits per heavy atom. The average Bonchev–Trinajstić information content (AvgIpc) is 2.95. The van der Waals surface area contributed by atoms with Crippen LogP contribution in [0.3, 0.4) is 0 Å². The van der Waals surface area contributed by atoms with E-state index in [0.717, 1.165) is 32.5 Å². The Hall–Kier alpha value is -2.14. The van der Waals surface area contributed by atoms with Gasteiger partial charge in [-0.1, -0.05) is 34.1 Å². The lowest BCUT2D eigenvalue weighted by atomic mass is 10.1. The summed E-state index contributed by atoms with van der Waals surface area (Å²) in [5.41, 5.74) is 4.78. The molecule has 1 saturated heterocycles. The Labute approximate surface area is 156 Å². The lowest BCUT2D eigenvalue weighted by Crippen LogP contribution is -2.28. The van der Waals surface area contributed by atoms with E-state index in [0.29, 0.717) is 6.54 Å². The summed E-state index contributed by atoms with van der Waals surface area (Å²) in [7, 11) is 0. The highest BCUT2D eigenvalue weighted by Gasteiger charge is 2.35. The quantitative estimate of drug-likeness (QED) is 0.831. The molecule has 1 fully saturated rings. The molecule has 3 rings (SSSR count). The van der Waals surface area contributed by atoms with E-state index in [1.54, 1.807) is 4.90 Å². The van der Waals surface area contributed by atoms with Crippen molar-refractivity contribution in [2.75, 3.05) is 16.8 Å². The monoisotopic (exact) mass is 400 g/mol. The first-order valence-electron chi connectivity index (χ1n) is 8.30. The highest BCUT2D eigenvalue weighted by molar-refractivity contribution is 9.10. The second-order valence-electron chi connectivity index (χ2n) is 6.60. The van der Waals surface area contributed by atoms with Gasteiger partial charge in [-0.25, -0.2) is 0 Å². The lowest BCUT2D eigenvalue weighted by Gasteiger charge is -2.19. The van der Waals surface area contributed by atoms with Crippen LogP contribution in [0.1, 0.15) is 23.1 Å². The van der Waals surface area contributed by atoms with E-state index in [-0.39, 0.29) is 24.2 Å². The second-order valence-corrected chi connectivity index (χ2v) is 7.45. The Balaban J connectivity index is 1.75. The van der Waals surface area contributed by atoms with Gasteiger partial charge in [-0.3, -0.25) is 9.59 Å². The predicted octanol–water partition coefficient (Wildman–Crippen LogP) is 4.37. The number of rotatable bonds is 3. The van der Waals surface area contributed by atoms with Crippen LogP contribution in [0.2, 0.25) is 0 Å². The summed E-state index contributed by atoms with van der Waals surface area (Å²) in [6.07, 6.45) is 0.245. The molecule has 0 spiro atoms. The molecular weight excluding hydrogens is 380 g/mol. The van der Waals surface area contributed by atoms with Crippen molar-refractivity contribution in [2.24, 2.45) is 5.92 Å². The van der Waals surface area contributed by atoms with Gasteiger partial charge in [0.15, 0.2) is 0 Å². The normalized spacial score (nSPS) is 17.0. The molecule has 1 aliphatic heterocycles. The van der Waals surface area contributed by atoms with E-state index >= 15 is 0 Å². The van der Waals surface area contributed by atoms with Crippen molar-refractivity contribution in [3.8, 4) is 0 Å². The summed E-state index contributed by atoms with van der Waals surface area (Å²) < 4.78 is 1.02. The fraction of sp³-hybridized carbons (Fsp3) is 0.300. The van der Waals surface area contributed by atoms with Crippen LogP contribution in [0.5, 0.6) is 0 Å². The molecule has 1 N–H and O–H groups in total. The first-order chi connectivity index (χ1) is 11.9. The molecule has 130 valence electrons. The summed E-state index contributed by atoms with van der Waals surface area (Å²) in [6.45, 7) is 6.34. The maximum absolute atomic E-state index is 12.7. The van der Waals surface area contributed by atoms with Crippen LogP contribution in [0.15, 0.2) is 40.9 Å². The average molecular weight is 401 g/mol. The number of nitrogens with zero attached hydrogens (tertiary/aromatic N) is 1. The van der Waals surface area contributed by atoms with Gasteiger partial charge < -0.3 is 10.2 Å². The maximum Gasteiger partial charge on any atom is 0.229 e. The van der Waals surface area contributed by atoms with Gasteiger partial charge in [0.2, 0.25) is 11.8 Å². The first-order valence-corrected chi connectivity index (χ1v) is 9.09. The molecule has 2 amide bonds. The van der Waals surface area contributed by atoms with Gasteiger partial charge in [-0.15, -0.1) is 0 Å². The van der Waals surface area contributed by atoms with Gasteiger partial charge >= 0.3 is 0 Å². The maximum atomic E-state index is 12.7. The fourth-order valence-electron chi connectivity index (χ4n) is 3.13. The number of carbonyl (C=O) groups is 2. The van der Waals surface area contributed by atoms with Gasteiger partial charge in [-0.05, 0) is 55.7 Å². The van der Waals surface area contributed by atoms with Crippen molar-refractivity contribution >= 4 is 39.1 Å². The number of halogens is 1. The van der Waals surface area contributed by atoms with E-state index in [9.17, 15) is 9.59 Å². The van der Waals surface area contributed by atoms with Crippen molar-refractivity contribution in [1.82, 2.24) is 0 Å². The molecular formula is C20H21BrN2O2. The number of aryl methyl sites for hydroxylation is 3. The molecule has 0 aromatic heterocycles. The number of hydrogen-bond acceptors (Lipinski definition) is 2. The SMILES string of the molecule is Cc1cc(NC(=O)[C@@H]2CC(=O)N(c3ccccc3C)C2)c(C)cc1Br. The molecule has 25 heavy (non-hydrogen) atoms. The molecule has 0 radical (unpaired) electrons.